The molecule has 6 nitrogen and oxygen atoms in total. The van der Waals surface area contributed by atoms with E-state index in [1.807, 2.05) is 24.3 Å². The summed E-state index contributed by atoms with van der Waals surface area (Å²) in [6.07, 6.45) is 9.87. The van der Waals surface area contributed by atoms with Crippen molar-refractivity contribution in [3.63, 3.8) is 0 Å². The number of allylic oxidation sites excluding steroid dienone is 2. The second-order valence-corrected chi connectivity index (χ2v) is 17.9. The normalized spacial score (nSPS) is 39.7. The molecule has 4 fully saturated rings. The van der Waals surface area contributed by atoms with Gasteiger partial charge in [-0.1, -0.05) is 69.1 Å². The van der Waals surface area contributed by atoms with Gasteiger partial charge in [0.05, 0.1) is 11.0 Å². The minimum absolute atomic E-state index is 0.0147. The van der Waals surface area contributed by atoms with Gasteiger partial charge in [-0.3, -0.25) is 9.59 Å². The van der Waals surface area contributed by atoms with E-state index in [0.717, 1.165) is 49.4 Å². The van der Waals surface area contributed by atoms with Crippen LogP contribution in [0.4, 0.5) is 0 Å². The van der Waals surface area contributed by atoms with Crippen molar-refractivity contribution in [2.75, 3.05) is 0 Å². The molecule has 0 N–H and O–H groups in total. The van der Waals surface area contributed by atoms with Crippen LogP contribution >= 0.6 is 15.9 Å². The van der Waals surface area contributed by atoms with E-state index < -0.39 is 11.0 Å². The standard InChI is InChI=1S/C39H53BrO6/c1-23(2)21-27(44-24(3)41)22-38(8)31-16-19-37(7)29-13-14-30-35(4,5)32(45-33(42)25-9-11-26(40)12-10-25)17-18-36(30,6)28(29)15-20-39(31,37)34(43)46-38/h9-12,15,23,27,29-32H,13-14,16-22H2,1-8H3. The second kappa shape index (κ2) is 11.5. The molecule has 0 radical (unpaired) electrons. The zero-order chi connectivity index (χ0) is 33.4. The van der Waals surface area contributed by atoms with Crippen LogP contribution in [0, 0.1) is 45.3 Å². The number of fused-ring (bicyclic) bond motifs is 4. The average molecular weight is 698 g/mol. The minimum atomic E-state index is -0.658. The Balaban J connectivity index is 1.27. The van der Waals surface area contributed by atoms with Gasteiger partial charge in [-0.15, -0.1) is 0 Å². The smallest absolute Gasteiger partial charge is 0.338 e. The van der Waals surface area contributed by atoms with Crippen LogP contribution in [0.15, 0.2) is 40.4 Å². The lowest BCUT2D eigenvalue weighted by molar-refractivity contribution is -0.165. The summed E-state index contributed by atoms with van der Waals surface area (Å²) < 4.78 is 19.5. The van der Waals surface area contributed by atoms with Crippen molar-refractivity contribution in [2.24, 2.45) is 45.3 Å². The molecular formula is C39H53BrO6. The van der Waals surface area contributed by atoms with E-state index in [0.29, 0.717) is 36.2 Å². The van der Waals surface area contributed by atoms with Gasteiger partial charge in [0, 0.05) is 29.2 Å². The fourth-order valence-corrected chi connectivity index (χ4v) is 11.9. The van der Waals surface area contributed by atoms with Gasteiger partial charge < -0.3 is 14.2 Å². The summed E-state index contributed by atoms with van der Waals surface area (Å²) in [6.45, 7) is 17.3. The van der Waals surface area contributed by atoms with Gasteiger partial charge >= 0.3 is 17.9 Å². The molecular weight excluding hydrogens is 644 g/mol. The molecule has 0 aromatic heterocycles. The first-order valence-electron chi connectivity index (χ1n) is 17.6. The van der Waals surface area contributed by atoms with Crippen molar-refractivity contribution in [1.29, 1.82) is 0 Å². The summed E-state index contributed by atoms with van der Waals surface area (Å²) in [5.74, 6) is 0.579. The molecule has 9 unspecified atom stereocenters. The summed E-state index contributed by atoms with van der Waals surface area (Å²) in [6, 6.07) is 7.39. The van der Waals surface area contributed by atoms with Crippen LogP contribution in [0.5, 0.6) is 0 Å². The van der Waals surface area contributed by atoms with Crippen LogP contribution in [0.3, 0.4) is 0 Å². The van der Waals surface area contributed by atoms with Crippen molar-refractivity contribution in [3.8, 4) is 0 Å². The molecule has 252 valence electrons. The maximum absolute atomic E-state index is 14.3. The van der Waals surface area contributed by atoms with Crippen molar-refractivity contribution < 1.29 is 28.6 Å². The van der Waals surface area contributed by atoms with Crippen LogP contribution in [0.1, 0.15) is 124 Å². The van der Waals surface area contributed by atoms with E-state index in [2.05, 4.69) is 70.5 Å². The van der Waals surface area contributed by atoms with Crippen LogP contribution in [0.2, 0.25) is 0 Å². The number of cyclic esters (lactones) is 1. The Labute approximate surface area is 283 Å². The Hall–Kier alpha value is -2.15. The highest BCUT2D eigenvalue weighted by molar-refractivity contribution is 9.10. The Kier molecular flexibility index (Phi) is 8.42. The first-order chi connectivity index (χ1) is 21.5. The summed E-state index contributed by atoms with van der Waals surface area (Å²) in [7, 11) is 0. The average Bonchev–Trinajstić information content (AvgIpc) is 3.39. The second-order valence-electron chi connectivity index (χ2n) is 17.0. The molecule has 4 aliphatic carbocycles. The van der Waals surface area contributed by atoms with E-state index in [4.69, 9.17) is 14.2 Å². The maximum Gasteiger partial charge on any atom is 0.338 e. The van der Waals surface area contributed by atoms with Crippen LogP contribution < -0.4 is 0 Å². The van der Waals surface area contributed by atoms with E-state index in [1.165, 1.54) is 12.5 Å². The Bertz CT molecular complexity index is 1430. The predicted molar refractivity (Wildman–Crippen MR) is 181 cm³/mol. The number of esters is 3. The maximum atomic E-state index is 14.3. The van der Waals surface area contributed by atoms with Crippen LogP contribution in [-0.2, 0) is 23.8 Å². The van der Waals surface area contributed by atoms with Gasteiger partial charge in [0.2, 0.25) is 0 Å². The molecule has 0 bridgehead atoms. The van der Waals surface area contributed by atoms with E-state index in [-0.39, 0.29) is 52.3 Å². The lowest BCUT2D eigenvalue weighted by Gasteiger charge is -2.63. The number of halogens is 1. The molecule has 1 heterocycles. The topological polar surface area (TPSA) is 78.9 Å². The predicted octanol–water partition coefficient (Wildman–Crippen LogP) is 9.24. The quantitative estimate of drug-likeness (QED) is 0.161. The summed E-state index contributed by atoms with van der Waals surface area (Å²) in [4.78, 5) is 39.5. The minimum Gasteiger partial charge on any atom is -0.462 e. The number of benzene rings is 1. The highest BCUT2D eigenvalue weighted by atomic mass is 79.9. The number of hydrogen-bond acceptors (Lipinski definition) is 6. The third-order valence-electron chi connectivity index (χ3n) is 13.6. The molecule has 1 aliphatic heterocycles. The van der Waals surface area contributed by atoms with Gasteiger partial charge in [0.1, 0.15) is 17.8 Å². The van der Waals surface area contributed by atoms with Gasteiger partial charge in [-0.25, -0.2) is 4.79 Å². The van der Waals surface area contributed by atoms with Crippen molar-refractivity contribution >= 4 is 33.8 Å². The number of ether oxygens (including phenoxy) is 3. The molecule has 1 spiro atoms. The number of carbonyl (C=O) groups excluding carboxylic acids is 3. The van der Waals surface area contributed by atoms with Crippen molar-refractivity contribution in [2.45, 2.75) is 131 Å². The van der Waals surface area contributed by atoms with E-state index >= 15 is 0 Å². The first-order valence-corrected chi connectivity index (χ1v) is 18.3. The number of hydrogen-bond donors (Lipinski definition) is 0. The lowest BCUT2D eigenvalue weighted by atomic mass is 9.41. The highest BCUT2D eigenvalue weighted by Crippen LogP contribution is 2.76. The molecule has 0 amide bonds. The Morgan fingerprint density at radius 2 is 1.67 bits per heavy atom. The number of carbonyl (C=O) groups is 3. The molecule has 9 atom stereocenters. The lowest BCUT2D eigenvalue weighted by Crippen LogP contribution is -2.59. The molecule has 1 saturated heterocycles. The van der Waals surface area contributed by atoms with Gasteiger partial charge in [0.25, 0.3) is 0 Å². The monoisotopic (exact) mass is 696 g/mol. The Morgan fingerprint density at radius 1 is 0.978 bits per heavy atom. The molecule has 7 heteroatoms. The van der Waals surface area contributed by atoms with Gasteiger partial charge in [0.15, 0.2) is 0 Å². The van der Waals surface area contributed by atoms with Gasteiger partial charge in [-0.05, 0) is 111 Å². The van der Waals surface area contributed by atoms with E-state index in [9.17, 15) is 14.4 Å². The largest absolute Gasteiger partial charge is 0.462 e. The van der Waals surface area contributed by atoms with E-state index in [1.54, 1.807) is 0 Å². The summed E-state index contributed by atoms with van der Waals surface area (Å²) in [5.41, 5.74) is 0.513. The zero-order valence-electron chi connectivity index (χ0n) is 29.0. The molecule has 6 rings (SSSR count). The fourth-order valence-electron chi connectivity index (χ4n) is 11.6. The molecule has 1 aromatic rings. The summed E-state index contributed by atoms with van der Waals surface area (Å²) >= 11 is 3.45. The number of rotatable bonds is 7. The van der Waals surface area contributed by atoms with Crippen LogP contribution in [0.25, 0.3) is 0 Å². The molecule has 5 aliphatic rings. The van der Waals surface area contributed by atoms with Crippen molar-refractivity contribution in [3.05, 3.63) is 46.0 Å². The Morgan fingerprint density at radius 3 is 2.33 bits per heavy atom. The third kappa shape index (κ3) is 5.03. The summed E-state index contributed by atoms with van der Waals surface area (Å²) in [5, 5.41) is 0. The molecule has 3 saturated carbocycles. The zero-order valence-corrected chi connectivity index (χ0v) is 30.6. The SMILES string of the molecule is CC(=O)OC(CC(C)C)CC1(C)OC(=O)C23CC=C4C(CCC5C4(C)CCC(OC(=O)c4ccc(Br)cc4)C5(C)C)C2(C)CCC13. The fraction of sp³-hybridized carbons (Fsp3) is 0.718. The molecule has 1 aromatic carbocycles. The van der Waals surface area contributed by atoms with Crippen molar-refractivity contribution in [1.82, 2.24) is 0 Å². The molecule has 46 heavy (non-hydrogen) atoms. The first kappa shape index (κ1) is 33.7. The highest BCUT2D eigenvalue weighted by Gasteiger charge is 2.76. The third-order valence-corrected chi connectivity index (χ3v) is 14.2. The van der Waals surface area contributed by atoms with Crippen LogP contribution in [-0.4, -0.2) is 35.7 Å². The van der Waals surface area contributed by atoms with Gasteiger partial charge in [-0.2, -0.15) is 0 Å².